The largest absolute Gasteiger partial charge is 0.463 e. The summed E-state index contributed by atoms with van der Waals surface area (Å²) in [6.07, 6.45) is 0.939. The van der Waals surface area contributed by atoms with Crippen LogP contribution in [0.3, 0.4) is 0 Å². The van der Waals surface area contributed by atoms with E-state index in [9.17, 15) is 4.79 Å². The van der Waals surface area contributed by atoms with Gasteiger partial charge in [-0.05, 0) is 31.9 Å². The van der Waals surface area contributed by atoms with Crippen LogP contribution in [0, 0.1) is 0 Å². The first-order valence-corrected chi connectivity index (χ1v) is 6.96. The smallest absolute Gasteiger partial charge is 0.306 e. The van der Waals surface area contributed by atoms with Gasteiger partial charge < -0.3 is 9.47 Å². The Kier molecular flexibility index (Phi) is 7.21. The van der Waals surface area contributed by atoms with Crippen molar-refractivity contribution < 1.29 is 14.3 Å². The fraction of sp³-hybridized carbons (Fsp3) is 0.500. The van der Waals surface area contributed by atoms with Crippen LogP contribution in [0.2, 0.25) is 10.0 Å². The molecule has 0 bridgehead atoms. The molecule has 0 aromatic heterocycles. The molecule has 0 heterocycles. The predicted molar refractivity (Wildman–Crippen MR) is 76.8 cm³/mol. The summed E-state index contributed by atoms with van der Waals surface area (Å²) >= 11 is 11.9. The molecule has 0 unspecified atom stereocenters. The maximum Gasteiger partial charge on any atom is 0.306 e. The lowest BCUT2D eigenvalue weighted by Crippen LogP contribution is -2.13. The molecule has 0 saturated carbocycles. The Morgan fingerprint density at radius 3 is 2.68 bits per heavy atom. The fourth-order valence-corrected chi connectivity index (χ4v) is 1.90. The highest BCUT2D eigenvalue weighted by Crippen LogP contribution is 2.26. The summed E-state index contributed by atoms with van der Waals surface area (Å²) in [5.41, 5.74) is 0.851. The number of aryl methyl sites for hydroxylation is 1. The van der Waals surface area contributed by atoms with Crippen molar-refractivity contribution in [3.63, 3.8) is 0 Å². The minimum atomic E-state index is -0.261. The summed E-state index contributed by atoms with van der Waals surface area (Å²) in [4.78, 5) is 11.5. The van der Waals surface area contributed by atoms with Gasteiger partial charge in [0.05, 0.1) is 22.8 Å². The van der Waals surface area contributed by atoms with E-state index in [1.807, 2.05) is 26.0 Å². The molecule has 0 atom stereocenters. The van der Waals surface area contributed by atoms with Gasteiger partial charge >= 0.3 is 5.97 Å². The van der Waals surface area contributed by atoms with Crippen LogP contribution in [0.25, 0.3) is 0 Å². The molecule has 0 amide bonds. The zero-order valence-electron chi connectivity index (χ0n) is 11.1. The van der Waals surface area contributed by atoms with E-state index in [1.54, 1.807) is 6.07 Å². The van der Waals surface area contributed by atoms with Crippen LogP contribution in [0.5, 0.6) is 0 Å². The van der Waals surface area contributed by atoms with E-state index >= 15 is 0 Å². The van der Waals surface area contributed by atoms with E-state index in [-0.39, 0.29) is 25.1 Å². The molecule has 0 aliphatic heterocycles. The number of carbonyl (C=O) groups excluding carboxylic acids is 1. The summed E-state index contributed by atoms with van der Waals surface area (Å²) in [6, 6.07) is 5.38. The molecule has 0 radical (unpaired) electrons. The van der Waals surface area contributed by atoms with Crippen molar-refractivity contribution in [2.24, 2.45) is 0 Å². The van der Waals surface area contributed by atoms with Crippen LogP contribution in [-0.2, 0) is 20.7 Å². The van der Waals surface area contributed by atoms with Crippen LogP contribution in [-0.4, -0.2) is 25.3 Å². The van der Waals surface area contributed by atoms with Crippen molar-refractivity contribution in [3.05, 3.63) is 33.8 Å². The SMILES string of the molecule is CC(C)OCCOC(=O)CCc1cccc(Cl)c1Cl. The summed E-state index contributed by atoms with van der Waals surface area (Å²) in [5, 5.41) is 0.998. The molecule has 0 aliphatic carbocycles. The molecule has 0 N–H and O–H groups in total. The third-order valence-electron chi connectivity index (χ3n) is 2.43. The number of carbonyl (C=O) groups is 1. The minimum Gasteiger partial charge on any atom is -0.463 e. The number of esters is 1. The average Bonchev–Trinajstić information content (AvgIpc) is 2.36. The highest BCUT2D eigenvalue weighted by molar-refractivity contribution is 6.42. The summed E-state index contributed by atoms with van der Waals surface area (Å²) < 4.78 is 10.3. The van der Waals surface area contributed by atoms with Crippen LogP contribution >= 0.6 is 23.2 Å². The van der Waals surface area contributed by atoms with Crippen molar-refractivity contribution in [2.45, 2.75) is 32.8 Å². The molecular formula is C14H18Cl2O3. The van der Waals surface area contributed by atoms with Crippen LogP contribution in [0.15, 0.2) is 18.2 Å². The van der Waals surface area contributed by atoms with Gasteiger partial charge in [-0.25, -0.2) is 0 Å². The number of benzene rings is 1. The zero-order valence-corrected chi connectivity index (χ0v) is 12.6. The topological polar surface area (TPSA) is 35.5 Å². The second-order valence-electron chi connectivity index (χ2n) is 4.35. The van der Waals surface area contributed by atoms with E-state index in [4.69, 9.17) is 32.7 Å². The molecule has 1 aromatic rings. The first-order chi connectivity index (χ1) is 9.00. The number of ether oxygens (including phenoxy) is 2. The normalized spacial score (nSPS) is 10.8. The van der Waals surface area contributed by atoms with Crippen molar-refractivity contribution in [3.8, 4) is 0 Å². The summed E-state index contributed by atoms with van der Waals surface area (Å²) in [7, 11) is 0. The minimum absolute atomic E-state index is 0.143. The molecule has 1 rings (SSSR count). The Bertz CT molecular complexity index is 419. The maximum absolute atomic E-state index is 11.5. The Morgan fingerprint density at radius 2 is 2.00 bits per heavy atom. The van der Waals surface area contributed by atoms with Crippen LogP contribution < -0.4 is 0 Å². The number of halogens is 2. The molecule has 0 spiro atoms. The van der Waals surface area contributed by atoms with E-state index < -0.39 is 0 Å². The lowest BCUT2D eigenvalue weighted by Gasteiger charge is -2.09. The van der Waals surface area contributed by atoms with E-state index in [2.05, 4.69) is 0 Å². The van der Waals surface area contributed by atoms with Crippen LogP contribution in [0.1, 0.15) is 25.8 Å². The van der Waals surface area contributed by atoms with Gasteiger partial charge in [0.25, 0.3) is 0 Å². The monoisotopic (exact) mass is 304 g/mol. The summed E-state index contributed by atoms with van der Waals surface area (Å²) in [6.45, 7) is 4.56. The second-order valence-corrected chi connectivity index (χ2v) is 5.14. The molecule has 0 saturated heterocycles. The predicted octanol–water partition coefficient (Wildman–Crippen LogP) is 3.89. The zero-order chi connectivity index (χ0) is 14.3. The van der Waals surface area contributed by atoms with Gasteiger partial charge in [-0.1, -0.05) is 35.3 Å². The first-order valence-electron chi connectivity index (χ1n) is 6.21. The first kappa shape index (κ1) is 16.3. The molecule has 0 fully saturated rings. The lowest BCUT2D eigenvalue weighted by atomic mass is 10.1. The molecule has 1 aromatic carbocycles. The van der Waals surface area contributed by atoms with Gasteiger partial charge in [-0.3, -0.25) is 4.79 Å². The van der Waals surface area contributed by atoms with Gasteiger partial charge in [-0.15, -0.1) is 0 Å². The third-order valence-corrected chi connectivity index (χ3v) is 3.29. The highest BCUT2D eigenvalue weighted by Gasteiger charge is 2.08. The molecule has 0 aliphatic rings. The number of hydrogen-bond donors (Lipinski definition) is 0. The number of hydrogen-bond acceptors (Lipinski definition) is 3. The highest BCUT2D eigenvalue weighted by atomic mass is 35.5. The Labute approximate surface area is 123 Å². The lowest BCUT2D eigenvalue weighted by molar-refractivity contribution is -0.145. The van der Waals surface area contributed by atoms with E-state index in [1.165, 1.54) is 0 Å². The van der Waals surface area contributed by atoms with Crippen LogP contribution in [0.4, 0.5) is 0 Å². The molecule has 5 heteroatoms. The standard InChI is InChI=1S/C14H18Cl2O3/c1-10(2)18-8-9-19-13(17)7-6-11-4-3-5-12(15)14(11)16/h3-5,10H,6-9H2,1-2H3. The molecule has 3 nitrogen and oxygen atoms in total. The van der Waals surface area contributed by atoms with Crippen molar-refractivity contribution in [2.75, 3.05) is 13.2 Å². The molecular weight excluding hydrogens is 287 g/mol. The quantitative estimate of drug-likeness (QED) is 0.566. The van der Waals surface area contributed by atoms with Gasteiger partial charge in [0, 0.05) is 6.42 Å². The second kappa shape index (κ2) is 8.41. The average molecular weight is 305 g/mol. The van der Waals surface area contributed by atoms with Gasteiger partial charge in [0.1, 0.15) is 6.61 Å². The summed E-state index contributed by atoms with van der Waals surface area (Å²) in [5.74, 6) is -0.261. The van der Waals surface area contributed by atoms with Crippen molar-refractivity contribution in [1.82, 2.24) is 0 Å². The Hall–Kier alpha value is -0.770. The molecule has 19 heavy (non-hydrogen) atoms. The Balaban J connectivity index is 2.28. The number of rotatable bonds is 7. The van der Waals surface area contributed by atoms with Gasteiger partial charge in [0.2, 0.25) is 0 Å². The third kappa shape index (κ3) is 6.28. The van der Waals surface area contributed by atoms with E-state index in [0.717, 1.165) is 5.56 Å². The fourth-order valence-electron chi connectivity index (χ4n) is 1.49. The Morgan fingerprint density at radius 1 is 1.26 bits per heavy atom. The maximum atomic E-state index is 11.5. The van der Waals surface area contributed by atoms with Gasteiger partial charge in [-0.2, -0.15) is 0 Å². The van der Waals surface area contributed by atoms with Crippen molar-refractivity contribution in [1.29, 1.82) is 0 Å². The molecule has 106 valence electrons. The van der Waals surface area contributed by atoms with Crippen molar-refractivity contribution >= 4 is 29.2 Å². The van der Waals surface area contributed by atoms with E-state index in [0.29, 0.717) is 23.1 Å². The van der Waals surface area contributed by atoms with Gasteiger partial charge in [0.15, 0.2) is 0 Å².